The minimum Gasteiger partial charge on any atom is -0.478 e. The summed E-state index contributed by atoms with van der Waals surface area (Å²) < 4.78 is 2.64. The van der Waals surface area contributed by atoms with E-state index in [4.69, 9.17) is 0 Å². The Balaban J connectivity index is 3.89. The molecule has 0 aliphatic rings. The summed E-state index contributed by atoms with van der Waals surface area (Å²) in [5, 5.41) is 19.1. The van der Waals surface area contributed by atoms with E-state index in [1.165, 1.54) is 6.07 Å². The van der Waals surface area contributed by atoms with Gasteiger partial charge in [-0.15, -0.1) is 0 Å². The summed E-state index contributed by atoms with van der Waals surface area (Å²) in [5.74, 6) is -2.15. The van der Waals surface area contributed by atoms with Crippen molar-refractivity contribution < 1.29 is 19.8 Å². The number of carboxylic acid groups (broad SMARTS) is 2. The number of benzene rings is 1. The van der Waals surface area contributed by atoms with E-state index in [0.717, 1.165) is 42.0 Å². The molecule has 0 aliphatic heterocycles. The Bertz CT molecular complexity index is 601. The van der Waals surface area contributed by atoms with Crippen molar-refractivity contribution in [3.8, 4) is 0 Å². The molecule has 0 heterocycles. The van der Waals surface area contributed by atoms with Crippen molar-refractivity contribution in [1.29, 1.82) is 0 Å². The molecular formula is C20H35NO4Si2. The van der Waals surface area contributed by atoms with Gasteiger partial charge in [-0.2, -0.15) is 0 Å². The van der Waals surface area contributed by atoms with Crippen molar-refractivity contribution in [2.24, 2.45) is 0 Å². The third-order valence-electron chi connectivity index (χ3n) is 6.57. The van der Waals surface area contributed by atoms with Gasteiger partial charge in [-0.25, -0.2) is 9.59 Å². The lowest BCUT2D eigenvalue weighted by Gasteiger charge is -2.54. The summed E-state index contributed by atoms with van der Waals surface area (Å²) in [5.41, 5.74) is 0.946. The Morgan fingerprint density at radius 3 is 1.22 bits per heavy atom. The number of nitrogens with zero attached hydrogens (tertiary/aromatic N) is 1. The summed E-state index contributed by atoms with van der Waals surface area (Å²) in [6.45, 7) is 13.4. The van der Waals surface area contributed by atoms with Crippen molar-refractivity contribution in [1.82, 2.24) is 0 Å². The van der Waals surface area contributed by atoms with Crippen LogP contribution >= 0.6 is 0 Å². The highest BCUT2D eigenvalue weighted by atomic mass is 28.4. The van der Waals surface area contributed by atoms with Gasteiger partial charge in [0.1, 0.15) is 16.5 Å². The largest absolute Gasteiger partial charge is 0.478 e. The maximum absolute atomic E-state index is 11.7. The highest BCUT2D eigenvalue weighted by molar-refractivity contribution is 7.02. The van der Waals surface area contributed by atoms with Gasteiger partial charge >= 0.3 is 11.9 Å². The van der Waals surface area contributed by atoms with E-state index in [9.17, 15) is 19.8 Å². The fourth-order valence-electron chi connectivity index (χ4n) is 4.49. The highest BCUT2D eigenvalue weighted by Crippen LogP contribution is 2.40. The zero-order valence-corrected chi connectivity index (χ0v) is 19.6. The first-order valence-electron chi connectivity index (χ1n) is 10.1. The summed E-state index contributed by atoms with van der Waals surface area (Å²) in [4.78, 5) is 23.4. The van der Waals surface area contributed by atoms with Gasteiger partial charge in [-0.1, -0.05) is 41.5 Å². The van der Waals surface area contributed by atoms with Crippen molar-refractivity contribution in [3.05, 3.63) is 29.3 Å². The van der Waals surface area contributed by atoms with Gasteiger partial charge in [0.15, 0.2) is 0 Å². The molecule has 0 fully saturated rings. The minimum atomic E-state index is -1.89. The number of carbonyl (C=O) groups is 2. The van der Waals surface area contributed by atoms with Gasteiger partial charge in [-0.05, 0) is 54.5 Å². The zero-order chi connectivity index (χ0) is 20.8. The van der Waals surface area contributed by atoms with Crippen LogP contribution in [0.15, 0.2) is 18.2 Å². The lowest BCUT2D eigenvalue weighted by atomic mass is 10.1. The molecule has 0 amide bonds. The number of carboxylic acids is 2. The molecule has 0 aliphatic carbocycles. The van der Waals surface area contributed by atoms with Crippen LogP contribution in [0, 0.1) is 0 Å². The molecule has 2 N–H and O–H groups in total. The van der Waals surface area contributed by atoms with Crippen LogP contribution in [0.5, 0.6) is 0 Å². The normalized spacial score (nSPS) is 12.1. The van der Waals surface area contributed by atoms with Crippen LogP contribution in [-0.4, -0.2) is 38.6 Å². The minimum absolute atomic E-state index is 0.0623. The van der Waals surface area contributed by atoms with Crippen LogP contribution in [0.1, 0.15) is 62.3 Å². The standard InChI is InChI=1S/C20H35NO4Si2/c1-7-26(8-2,9-3)21(27(10-4,11-5)12-6)18-14-16(19(22)23)13-17(15-18)20(24)25/h13-15H,7-12H2,1-6H3,(H,22,23)(H,24,25). The summed E-state index contributed by atoms with van der Waals surface area (Å²) in [6, 6.07) is 11.2. The fourth-order valence-corrected chi connectivity index (χ4v) is 17.6. The molecule has 1 rings (SSSR count). The number of rotatable bonds is 11. The van der Waals surface area contributed by atoms with Crippen LogP contribution in [0.25, 0.3) is 0 Å². The molecule has 1 aromatic carbocycles. The quantitative estimate of drug-likeness (QED) is 0.445. The molecule has 0 unspecified atom stereocenters. The predicted octanol–water partition coefficient (Wildman–Crippen LogP) is 5.90. The lowest BCUT2D eigenvalue weighted by molar-refractivity contribution is 0.0696. The highest BCUT2D eigenvalue weighted by Gasteiger charge is 2.46. The number of aromatic carboxylic acids is 2. The first kappa shape index (κ1) is 23.4. The first-order chi connectivity index (χ1) is 12.7. The van der Waals surface area contributed by atoms with Gasteiger partial charge < -0.3 is 14.4 Å². The molecule has 0 bridgehead atoms. The molecule has 0 spiro atoms. The number of anilines is 1. The molecule has 1 aromatic rings. The zero-order valence-electron chi connectivity index (χ0n) is 17.6. The maximum atomic E-state index is 11.7. The second-order valence-electron chi connectivity index (χ2n) is 7.28. The van der Waals surface area contributed by atoms with E-state index in [0.29, 0.717) is 0 Å². The molecule has 0 saturated heterocycles. The van der Waals surface area contributed by atoms with Gasteiger partial charge in [0, 0.05) is 5.69 Å². The van der Waals surface area contributed by atoms with Crippen LogP contribution < -0.4 is 4.23 Å². The number of hydrogen-bond acceptors (Lipinski definition) is 3. The summed E-state index contributed by atoms with van der Waals surface area (Å²) in [6.07, 6.45) is 0. The number of hydrogen-bond donors (Lipinski definition) is 2. The van der Waals surface area contributed by atoms with Crippen LogP contribution in [0.2, 0.25) is 36.3 Å². The Labute approximate surface area is 165 Å². The second kappa shape index (κ2) is 9.55. The van der Waals surface area contributed by atoms with Crippen LogP contribution in [0.3, 0.4) is 0 Å². The van der Waals surface area contributed by atoms with Gasteiger partial charge in [0.25, 0.3) is 0 Å². The summed E-state index contributed by atoms with van der Waals surface area (Å²) >= 11 is 0. The molecule has 5 nitrogen and oxygen atoms in total. The average molecular weight is 410 g/mol. The smallest absolute Gasteiger partial charge is 0.335 e. The Morgan fingerprint density at radius 1 is 0.704 bits per heavy atom. The van der Waals surface area contributed by atoms with E-state index in [2.05, 4.69) is 45.8 Å². The molecule has 0 radical (unpaired) electrons. The lowest BCUT2D eigenvalue weighted by Crippen LogP contribution is -2.66. The fraction of sp³-hybridized carbons (Fsp3) is 0.600. The molecule has 0 atom stereocenters. The SMILES string of the molecule is CC[Si](CC)(CC)N(c1cc(C(=O)O)cc(C(=O)O)c1)[Si](CC)(CC)CC. The Morgan fingerprint density at radius 2 is 1.00 bits per heavy atom. The molecule has 0 aromatic heterocycles. The maximum Gasteiger partial charge on any atom is 0.335 e. The third-order valence-corrected chi connectivity index (χ3v) is 19.7. The monoisotopic (exact) mass is 409 g/mol. The third kappa shape index (κ3) is 4.46. The molecule has 7 heteroatoms. The Kier molecular flexibility index (Phi) is 8.29. The van der Waals surface area contributed by atoms with Crippen molar-refractivity contribution >= 4 is 34.1 Å². The van der Waals surface area contributed by atoms with Crippen molar-refractivity contribution in [2.75, 3.05) is 4.23 Å². The molecular weight excluding hydrogens is 374 g/mol. The van der Waals surface area contributed by atoms with Gasteiger partial charge in [-0.3, -0.25) is 0 Å². The van der Waals surface area contributed by atoms with E-state index >= 15 is 0 Å². The van der Waals surface area contributed by atoms with E-state index in [1.807, 2.05) is 0 Å². The first-order valence-corrected chi connectivity index (χ1v) is 15.3. The van der Waals surface area contributed by atoms with E-state index < -0.39 is 28.4 Å². The molecule has 27 heavy (non-hydrogen) atoms. The topological polar surface area (TPSA) is 77.8 Å². The van der Waals surface area contributed by atoms with Crippen molar-refractivity contribution in [3.63, 3.8) is 0 Å². The van der Waals surface area contributed by atoms with E-state index in [-0.39, 0.29) is 11.1 Å². The predicted molar refractivity (Wildman–Crippen MR) is 117 cm³/mol. The molecule has 0 saturated carbocycles. The summed E-state index contributed by atoms with van der Waals surface area (Å²) in [7, 11) is -3.78. The van der Waals surface area contributed by atoms with E-state index in [1.54, 1.807) is 12.1 Å². The van der Waals surface area contributed by atoms with Crippen molar-refractivity contribution in [2.45, 2.75) is 77.8 Å². The van der Waals surface area contributed by atoms with Crippen LogP contribution in [-0.2, 0) is 0 Å². The second-order valence-corrected chi connectivity index (χ2v) is 17.8. The van der Waals surface area contributed by atoms with Crippen LogP contribution in [0.4, 0.5) is 5.69 Å². The molecule has 152 valence electrons. The van der Waals surface area contributed by atoms with Gasteiger partial charge in [0.2, 0.25) is 0 Å². The Hall–Kier alpha value is -1.61. The average Bonchev–Trinajstić information content (AvgIpc) is 2.69. The van der Waals surface area contributed by atoms with Gasteiger partial charge in [0.05, 0.1) is 11.1 Å².